The van der Waals surface area contributed by atoms with Crippen molar-refractivity contribution in [3.05, 3.63) is 35.1 Å². The number of benzene rings is 1. The van der Waals surface area contributed by atoms with Gasteiger partial charge in [-0.2, -0.15) is 8.78 Å². The molecule has 0 spiro atoms. The van der Waals surface area contributed by atoms with Crippen LogP contribution in [0.1, 0.15) is 11.1 Å². The summed E-state index contributed by atoms with van der Waals surface area (Å²) in [5.74, 6) is -4.14. The predicted octanol–water partition coefficient (Wildman–Crippen LogP) is 2.87. The summed E-state index contributed by atoms with van der Waals surface area (Å²) in [5, 5.41) is 0. The Morgan fingerprint density at radius 1 is 1.36 bits per heavy atom. The van der Waals surface area contributed by atoms with Crippen molar-refractivity contribution < 1.29 is 17.9 Å². The molecular weight excluding hydrogens is 193 g/mol. The van der Waals surface area contributed by atoms with Crippen molar-refractivity contribution in [1.29, 1.82) is 0 Å². The minimum absolute atomic E-state index is 0.207. The van der Waals surface area contributed by atoms with Crippen molar-refractivity contribution in [2.45, 2.75) is 12.8 Å². The van der Waals surface area contributed by atoms with E-state index in [9.17, 15) is 13.2 Å². The first kappa shape index (κ1) is 11.0. The first-order valence-electron chi connectivity index (χ1n) is 4.11. The number of hydrogen-bond acceptors (Lipinski definition) is 1. The number of aryl methyl sites for hydroxylation is 1. The second kappa shape index (κ2) is 4.00. The fourth-order valence-electron chi connectivity index (χ4n) is 1.19. The van der Waals surface area contributed by atoms with E-state index in [1.165, 1.54) is 19.1 Å². The highest BCUT2D eigenvalue weighted by molar-refractivity contribution is 5.28. The molecule has 0 aliphatic heterocycles. The second-order valence-corrected chi connectivity index (χ2v) is 3.07. The molecule has 0 saturated carbocycles. The van der Waals surface area contributed by atoms with E-state index in [0.29, 0.717) is 0 Å². The Balaban J connectivity index is 3.12. The summed E-state index contributed by atoms with van der Waals surface area (Å²) in [6, 6.07) is 3.92. The van der Waals surface area contributed by atoms with Gasteiger partial charge in [0.25, 0.3) is 5.92 Å². The first-order chi connectivity index (χ1) is 6.49. The normalized spacial score (nSPS) is 11.8. The quantitative estimate of drug-likeness (QED) is 0.735. The number of methoxy groups -OCH3 is 1. The molecule has 1 aromatic rings. The topological polar surface area (TPSA) is 9.23 Å². The third-order valence-corrected chi connectivity index (χ3v) is 1.91. The highest BCUT2D eigenvalue weighted by Crippen LogP contribution is 2.31. The van der Waals surface area contributed by atoms with Crippen LogP contribution in [0.2, 0.25) is 0 Å². The van der Waals surface area contributed by atoms with Crippen LogP contribution in [0.4, 0.5) is 13.2 Å². The van der Waals surface area contributed by atoms with Gasteiger partial charge in [-0.15, -0.1) is 0 Å². The van der Waals surface area contributed by atoms with Crippen molar-refractivity contribution in [2.75, 3.05) is 13.7 Å². The average molecular weight is 204 g/mol. The van der Waals surface area contributed by atoms with Gasteiger partial charge < -0.3 is 4.74 Å². The zero-order chi connectivity index (χ0) is 10.8. The Hall–Kier alpha value is -1.03. The molecule has 0 saturated heterocycles. The molecule has 78 valence electrons. The number of hydrogen-bond donors (Lipinski definition) is 0. The van der Waals surface area contributed by atoms with Gasteiger partial charge >= 0.3 is 0 Å². The number of halogens is 3. The van der Waals surface area contributed by atoms with E-state index >= 15 is 0 Å². The van der Waals surface area contributed by atoms with Gasteiger partial charge in [0.2, 0.25) is 0 Å². The molecule has 0 aliphatic carbocycles. The molecule has 14 heavy (non-hydrogen) atoms. The van der Waals surface area contributed by atoms with E-state index in [1.54, 1.807) is 0 Å². The van der Waals surface area contributed by atoms with E-state index in [0.717, 1.165) is 13.2 Å². The lowest BCUT2D eigenvalue weighted by molar-refractivity contribution is -0.0722. The molecule has 0 fully saturated rings. The first-order valence-corrected chi connectivity index (χ1v) is 4.11. The van der Waals surface area contributed by atoms with Crippen LogP contribution in [0, 0.1) is 12.7 Å². The molecule has 4 heteroatoms. The van der Waals surface area contributed by atoms with Crippen LogP contribution < -0.4 is 0 Å². The van der Waals surface area contributed by atoms with Crippen LogP contribution in [0.5, 0.6) is 0 Å². The maximum Gasteiger partial charge on any atom is 0.298 e. The zero-order valence-electron chi connectivity index (χ0n) is 7.98. The lowest BCUT2D eigenvalue weighted by atomic mass is 10.1. The largest absolute Gasteiger partial charge is 0.378 e. The monoisotopic (exact) mass is 204 g/mol. The number of alkyl halides is 2. The van der Waals surface area contributed by atoms with E-state index in [-0.39, 0.29) is 5.56 Å². The molecule has 1 nitrogen and oxygen atoms in total. The van der Waals surface area contributed by atoms with Gasteiger partial charge in [-0.05, 0) is 18.6 Å². The third kappa shape index (κ3) is 2.07. The van der Waals surface area contributed by atoms with E-state index in [1.807, 2.05) is 0 Å². The molecule has 0 unspecified atom stereocenters. The summed E-state index contributed by atoms with van der Waals surface area (Å²) in [4.78, 5) is 0. The summed E-state index contributed by atoms with van der Waals surface area (Å²) in [6.07, 6.45) is 0. The standard InChI is InChI=1S/C10H11F3O/c1-7-4-3-5-8(9(7)11)10(12,13)6-14-2/h3-5H,6H2,1-2H3. The van der Waals surface area contributed by atoms with Crippen molar-refractivity contribution in [3.8, 4) is 0 Å². The number of rotatable bonds is 3. The van der Waals surface area contributed by atoms with Gasteiger partial charge in [-0.1, -0.05) is 12.1 Å². The van der Waals surface area contributed by atoms with Gasteiger partial charge in [0.05, 0.1) is 5.56 Å². The molecule has 0 aliphatic rings. The van der Waals surface area contributed by atoms with E-state index in [4.69, 9.17) is 0 Å². The highest BCUT2D eigenvalue weighted by atomic mass is 19.3. The predicted molar refractivity (Wildman–Crippen MR) is 46.9 cm³/mol. The average Bonchev–Trinajstić information content (AvgIpc) is 2.09. The number of ether oxygens (including phenoxy) is 1. The van der Waals surface area contributed by atoms with Gasteiger partial charge in [-0.3, -0.25) is 0 Å². The summed E-state index contributed by atoms with van der Waals surface area (Å²) >= 11 is 0. The molecule has 0 aromatic heterocycles. The molecule has 0 bridgehead atoms. The molecule has 0 amide bonds. The summed E-state index contributed by atoms with van der Waals surface area (Å²) < 4.78 is 44.1. The SMILES string of the molecule is COCC(F)(F)c1cccc(C)c1F. The highest BCUT2D eigenvalue weighted by Gasteiger charge is 2.34. The van der Waals surface area contributed by atoms with Crippen LogP contribution >= 0.6 is 0 Å². The lowest BCUT2D eigenvalue weighted by Crippen LogP contribution is -2.22. The molecule has 1 rings (SSSR count). The molecule has 0 N–H and O–H groups in total. The molecule has 1 aromatic carbocycles. The Bertz CT molecular complexity index is 323. The minimum Gasteiger partial charge on any atom is -0.378 e. The van der Waals surface area contributed by atoms with Crippen molar-refractivity contribution in [1.82, 2.24) is 0 Å². The minimum atomic E-state index is -3.27. The fraction of sp³-hybridized carbons (Fsp3) is 0.400. The zero-order valence-corrected chi connectivity index (χ0v) is 7.98. The Morgan fingerprint density at radius 2 is 2.00 bits per heavy atom. The Morgan fingerprint density at radius 3 is 2.57 bits per heavy atom. The van der Waals surface area contributed by atoms with Crippen molar-refractivity contribution in [2.24, 2.45) is 0 Å². The maximum atomic E-state index is 13.3. The van der Waals surface area contributed by atoms with Gasteiger partial charge in [0.1, 0.15) is 12.4 Å². The van der Waals surface area contributed by atoms with Gasteiger partial charge in [-0.25, -0.2) is 4.39 Å². The molecule has 0 heterocycles. The Labute approximate surface area is 80.5 Å². The lowest BCUT2D eigenvalue weighted by Gasteiger charge is -2.16. The van der Waals surface area contributed by atoms with E-state index in [2.05, 4.69) is 4.74 Å². The fourth-order valence-corrected chi connectivity index (χ4v) is 1.19. The second-order valence-electron chi connectivity index (χ2n) is 3.07. The van der Waals surface area contributed by atoms with Crippen LogP contribution in [0.15, 0.2) is 18.2 Å². The molecular formula is C10H11F3O. The Kier molecular flexibility index (Phi) is 3.16. The van der Waals surface area contributed by atoms with Crippen LogP contribution in [-0.2, 0) is 10.7 Å². The van der Waals surface area contributed by atoms with Crippen molar-refractivity contribution >= 4 is 0 Å². The summed E-state index contributed by atoms with van der Waals surface area (Å²) in [7, 11) is 1.15. The van der Waals surface area contributed by atoms with Crippen LogP contribution in [0.25, 0.3) is 0 Å². The van der Waals surface area contributed by atoms with Crippen LogP contribution in [0.3, 0.4) is 0 Å². The molecule has 0 radical (unpaired) electrons. The van der Waals surface area contributed by atoms with Crippen molar-refractivity contribution in [3.63, 3.8) is 0 Å². The smallest absolute Gasteiger partial charge is 0.298 e. The van der Waals surface area contributed by atoms with Gasteiger partial charge in [0, 0.05) is 7.11 Å². The van der Waals surface area contributed by atoms with Crippen LogP contribution in [-0.4, -0.2) is 13.7 Å². The summed E-state index contributed by atoms with van der Waals surface area (Å²) in [5.41, 5.74) is -0.405. The third-order valence-electron chi connectivity index (χ3n) is 1.91. The maximum absolute atomic E-state index is 13.3. The van der Waals surface area contributed by atoms with E-state index < -0.39 is 23.9 Å². The van der Waals surface area contributed by atoms with Gasteiger partial charge in [0.15, 0.2) is 0 Å². The summed E-state index contributed by atoms with van der Waals surface area (Å²) in [6.45, 7) is 0.634. The molecule has 0 atom stereocenters.